The summed E-state index contributed by atoms with van der Waals surface area (Å²) >= 11 is 0. The number of nitrogens with zero attached hydrogens (tertiary/aromatic N) is 2. The van der Waals surface area contributed by atoms with E-state index in [1.807, 2.05) is 6.20 Å². The van der Waals surface area contributed by atoms with Crippen LogP contribution >= 0.6 is 0 Å². The zero-order valence-electron chi connectivity index (χ0n) is 10.8. The molecule has 0 fully saturated rings. The van der Waals surface area contributed by atoms with Crippen LogP contribution in [0.4, 0.5) is 0 Å². The highest BCUT2D eigenvalue weighted by Gasteiger charge is 2.15. The van der Waals surface area contributed by atoms with E-state index in [1.54, 1.807) is 0 Å². The average molecular weight is 216 g/mol. The van der Waals surface area contributed by atoms with Crippen molar-refractivity contribution in [3.63, 3.8) is 0 Å². The summed E-state index contributed by atoms with van der Waals surface area (Å²) in [7, 11) is 0. The molecule has 2 aromatic rings. The van der Waals surface area contributed by atoms with Gasteiger partial charge in [-0.05, 0) is 30.9 Å². The lowest BCUT2D eigenvalue weighted by atomic mass is 9.87. The fraction of sp³-hybridized carbons (Fsp3) is 0.500. The van der Waals surface area contributed by atoms with Gasteiger partial charge in [-0.25, -0.2) is 0 Å². The molecule has 0 unspecified atom stereocenters. The van der Waals surface area contributed by atoms with Gasteiger partial charge in [-0.2, -0.15) is 5.10 Å². The molecule has 2 nitrogen and oxygen atoms in total. The molecule has 0 saturated heterocycles. The van der Waals surface area contributed by atoms with Crippen LogP contribution in [0.1, 0.15) is 46.2 Å². The van der Waals surface area contributed by atoms with E-state index in [2.05, 4.69) is 62.6 Å². The minimum atomic E-state index is 0.195. The number of aromatic nitrogens is 2. The van der Waals surface area contributed by atoms with Crippen molar-refractivity contribution in [2.75, 3.05) is 0 Å². The first kappa shape index (κ1) is 11.2. The third kappa shape index (κ3) is 1.84. The quantitative estimate of drug-likeness (QED) is 0.706. The summed E-state index contributed by atoms with van der Waals surface area (Å²) in [5.41, 5.74) is 2.80. The van der Waals surface area contributed by atoms with Crippen molar-refractivity contribution in [2.24, 2.45) is 0 Å². The summed E-state index contributed by atoms with van der Waals surface area (Å²) in [4.78, 5) is 0. The maximum Gasteiger partial charge on any atom is 0.0688 e. The molecule has 0 aliphatic carbocycles. The van der Waals surface area contributed by atoms with E-state index in [1.165, 1.54) is 16.5 Å². The summed E-state index contributed by atoms with van der Waals surface area (Å²) < 4.78 is 2.09. The molecule has 0 atom stereocenters. The van der Waals surface area contributed by atoms with Gasteiger partial charge in [0.25, 0.3) is 0 Å². The van der Waals surface area contributed by atoms with Crippen LogP contribution in [0.15, 0.2) is 24.4 Å². The molecule has 0 amide bonds. The van der Waals surface area contributed by atoms with Gasteiger partial charge < -0.3 is 0 Å². The van der Waals surface area contributed by atoms with Crippen LogP contribution in [-0.2, 0) is 5.41 Å². The Morgan fingerprint density at radius 1 is 1.19 bits per heavy atom. The van der Waals surface area contributed by atoms with Gasteiger partial charge in [0.05, 0.1) is 11.7 Å². The highest BCUT2D eigenvalue weighted by molar-refractivity contribution is 5.79. The maximum absolute atomic E-state index is 4.43. The van der Waals surface area contributed by atoms with Gasteiger partial charge in [-0.15, -0.1) is 0 Å². The topological polar surface area (TPSA) is 17.8 Å². The molecular weight excluding hydrogens is 196 g/mol. The molecule has 2 heteroatoms. The van der Waals surface area contributed by atoms with E-state index in [0.29, 0.717) is 6.04 Å². The Kier molecular flexibility index (Phi) is 2.53. The molecular formula is C14H20N2. The van der Waals surface area contributed by atoms with E-state index in [9.17, 15) is 0 Å². The van der Waals surface area contributed by atoms with Gasteiger partial charge >= 0.3 is 0 Å². The monoisotopic (exact) mass is 216 g/mol. The van der Waals surface area contributed by atoms with Gasteiger partial charge in [-0.3, -0.25) is 4.68 Å². The lowest BCUT2D eigenvalue weighted by molar-refractivity contribution is 0.548. The van der Waals surface area contributed by atoms with E-state index in [4.69, 9.17) is 0 Å². The van der Waals surface area contributed by atoms with E-state index >= 15 is 0 Å². The SMILES string of the molecule is CC(C)n1ncc2ccc(C(C)(C)C)cc21. The number of fused-ring (bicyclic) bond motifs is 1. The predicted octanol–water partition coefficient (Wildman–Crippen LogP) is 3.91. The Hall–Kier alpha value is -1.31. The van der Waals surface area contributed by atoms with Crippen LogP contribution in [0, 0.1) is 0 Å². The minimum absolute atomic E-state index is 0.195. The van der Waals surface area contributed by atoms with E-state index in [-0.39, 0.29) is 5.41 Å². The van der Waals surface area contributed by atoms with Crippen LogP contribution in [0.5, 0.6) is 0 Å². The lowest BCUT2D eigenvalue weighted by Gasteiger charge is -2.19. The largest absolute Gasteiger partial charge is 0.262 e. The lowest BCUT2D eigenvalue weighted by Crippen LogP contribution is -2.11. The van der Waals surface area contributed by atoms with Crippen molar-refractivity contribution in [2.45, 2.75) is 46.1 Å². The molecule has 16 heavy (non-hydrogen) atoms. The fourth-order valence-corrected chi connectivity index (χ4v) is 1.92. The van der Waals surface area contributed by atoms with Crippen molar-refractivity contribution in [1.29, 1.82) is 0 Å². The highest BCUT2D eigenvalue weighted by atomic mass is 15.3. The Balaban J connectivity index is 2.63. The normalized spacial score (nSPS) is 12.6. The summed E-state index contributed by atoms with van der Waals surface area (Å²) in [6, 6.07) is 7.05. The zero-order chi connectivity index (χ0) is 11.9. The van der Waals surface area contributed by atoms with Gasteiger partial charge in [0, 0.05) is 11.4 Å². The second-order valence-electron chi connectivity index (χ2n) is 5.71. The van der Waals surface area contributed by atoms with Gasteiger partial charge in [0.2, 0.25) is 0 Å². The maximum atomic E-state index is 4.43. The van der Waals surface area contributed by atoms with Crippen LogP contribution in [0.25, 0.3) is 10.9 Å². The third-order valence-electron chi connectivity index (χ3n) is 2.95. The summed E-state index contributed by atoms with van der Waals surface area (Å²) in [6.07, 6.45) is 1.95. The molecule has 1 aromatic heterocycles. The Bertz CT molecular complexity index is 501. The van der Waals surface area contributed by atoms with E-state index in [0.717, 1.165) is 0 Å². The number of hydrogen-bond acceptors (Lipinski definition) is 1. The molecule has 0 bridgehead atoms. The van der Waals surface area contributed by atoms with Crippen LogP contribution in [0.3, 0.4) is 0 Å². The van der Waals surface area contributed by atoms with Gasteiger partial charge in [-0.1, -0.05) is 32.9 Å². The minimum Gasteiger partial charge on any atom is -0.262 e. The molecule has 1 heterocycles. The fourth-order valence-electron chi connectivity index (χ4n) is 1.92. The molecule has 0 spiro atoms. The van der Waals surface area contributed by atoms with Crippen molar-refractivity contribution in [1.82, 2.24) is 9.78 Å². The van der Waals surface area contributed by atoms with Crippen molar-refractivity contribution in [3.05, 3.63) is 30.0 Å². The first-order chi connectivity index (χ1) is 7.39. The standard InChI is InChI=1S/C14H20N2/c1-10(2)16-13-8-12(14(3,4)5)7-6-11(13)9-15-16/h6-10H,1-5H3. The second-order valence-corrected chi connectivity index (χ2v) is 5.71. The molecule has 1 aromatic carbocycles. The number of benzene rings is 1. The number of rotatable bonds is 1. The summed E-state index contributed by atoms with van der Waals surface area (Å²) in [6.45, 7) is 11.0. The molecule has 0 N–H and O–H groups in total. The van der Waals surface area contributed by atoms with Gasteiger partial charge in [0.1, 0.15) is 0 Å². The van der Waals surface area contributed by atoms with Crippen LogP contribution < -0.4 is 0 Å². The van der Waals surface area contributed by atoms with E-state index < -0.39 is 0 Å². The van der Waals surface area contributed by atoms with Crippen molar-refractivity contribution in [3.8, 4) is 0 Å². The summed E-state index contributed by atoms with van der Waals surface area (Å²) in [5, 5.41) is 5.66. The first-order valence-corrected chi connectivity index (χ1v) is 5.87. The van der Waals surface area contributed by atoms with Crippen LogP contribution in [-0.4, -0.2) is 9.78 Å². The van der Waals surface area contributed by atoms with Gasteiger partial charge in [0.15, 0.2) is 0 Å². The highest BCUT2D eigenvalue weighted by Crippen LogP contribution is 2.26. The molecule has 0 aliphatic heterocycles. The zero-order valence-corrected chi connectivity index (χ0v) is 10.8. The van der Waals surface area contributed by atoms with Crippen LogP contribution in [0.2, 0.25) is 0 Å². The third-order valence-corrected chi connectivity index (χ3v) is 2.95. The van der Waals surface area contributed by atoms with Crippen molar-refractivity contribution < 1.29 is 0 Å². The molecule has 0 radical (unpaired) electrons. The molecule has 0 aliphatic rings. The van der Waals surface area contributed by atoms with Crippen molar-refractivity contribution >= 4 is 10.9 Å². The average Bonchev–Trinajstić information content (AvgIpc) is 2.58. The second kappa shape index (κ2) is 3.62. The Morgan fingerprint density at radius 3 is 2.44 bits per heavy atom. The molecule has 0 saturated carbocycles. The number of hydrogen-bond donors (Lipinski definition) is 0. The smallest absolute Gasteiger partial charge is 0.0688 e. The predicted molar refractivity (Wildman–Crippen MR) is 68.8 cm³/mol. The summed E-state index contributed by atoms with van der Waals surface area (Å²) in [5.74, 6) is 0. The Labute approximate surface area is 97.3 Å². The first-order valence-electron chi connectivity index (χ1n) is 5.87. The Morgan fingerprint density at radius 2 is 1.88 bits per heavy atom. The molecule has 86 valence electrons. The molecule has 2 rings (SSSR count).